The SMILES string of the molecule is CCCCOC(=O)COc1c(N)cc(Cl)cc1Br. The molecule has 0 unspecified atom stereocenters. The fourth-order valence-electron chi connectivity index (χ4n) is 1.24. The third-order valence-electron chi connectivity index (χ3n) is 2.13. The number of nitrogens with two attached hydrogens (primary N) is 1. The summed E-state index contributed by atoms with van der Waals surface area (Å²) in [4.78, 5) is 11.4. The van der Waals surface area contributed by atoms with E-state index in [2.05, 4.69) is 15.9 Å². The average molecular weight is 337 g/mol. The van der Waals surface area contributed by atoms with Crippen molar-refractivity contribution in [1.29, 1.82) is 0 Å². The fraction of sp³-hybridized carbons (Fsp3) is 0.417. The Morgan fingerprint density at radius 3 is 2.83 bits per heavy atom. The summed E-state index contributed by atoms with van der Waals surface area (Å²) >= 11 is 9.08. The van der Waals surface area contributed by atoms with Gasteiger partial charge in [-0.15, -0.1) is 0 Å². The van der Waals surface area contributed by atoms with Crippen molar-refractivity contribution >= 4 is 39.2 Å². The Morgan fingerprint density at radius 1 is 1.50 bits per heavy atom. The number of ether oxygens (including phenoxy) is 2. The summed E-state index contributed by atoms with van der Waals surface area (Å²) in [6.07, 6.45) is 1.82. The predicted molar refractivity (Wildman–Crippen MR) is 74.9 cm³/mol. The summed E-state index contributed by atoms with van der Waals surface area (Å²) in [6.45, 7) is 2.26. The van der Waals surface area contributed by atoms with Gasteiger partial charge in [0.15, 0.2) is 12.4 Å². The number of rotatable bonds is 6. The summed E-state index contributed by atoms with van der Waals surface area (Å²) in [7, 11) is 0. The molecule has 0 saturated heterocycles. The van der Waals surface area contributed by atoms with Crippen LogP contribution in [0, 0.1) is 0 Å². The molecule has 0 fully saturated rings. The largest absolute Gasteiger partial charge is 0.479 e. The molecule has 0 atom stereocenters. The van der Waals surface area contributed by atoms with E-state index < -0.39 is 5.97 Å². The number of hydrogen-bond acceptors (Lipinski definition) is 4. The number of nitrogen functional groups attached to an aromatic ring is 1. The van der Waals surface area contributed by atoms with Crippen LogP contribution in [0.25, 0.3) is 0 Å². The molecule has 0 amide bonds. The maximum Gasteiger partial charge on any atom is 0.344 e. The molecule has 0 aromatic heterocycles. The van der Waals surface area contributed by atoms with Crippen molar-refractivity contribution in [3.63, 3.8) is 0 Å². The molecule has 4 nitrogen and oxygen atoms in total. The summed E-state index contributed by atoms with van der Waals surface area (Å²) in [6, 6.07) is 3.21. The molecule has 2 N–H and O–H groups in total. The van der Waals surface area contributed by atoms with Crippen LogP contribution in [0.15, 0.2) is 16.6 Å². The van der Waals surface area contributed by atoms with Gasteiger partial charge in [-0.3, -0.25) is 0 Å². The van der Waals surface area contributed by atoms with Gasteiger partial charge in [-0.25, -0.2) is 4.79 Å². The minimum absolute atomic E-state index is 0.172. The first-order valence-corrected chi connectivity index (χ1v) is 6.74. The molecule has 1 aromatic carbocycles. The molecule has 1 rings (SSSR count). The Bertz CT molecular complexity index is 403. The van der Waals surface area contributed by atoms with E-state index in [0.717, 1.165) is 12.8 Å². The molecule has 0 aliphatic heterocycles. The maximum absolute atomic E-state index is 11.4. The van der Waals surface area contributed by atoms with Gasteiger partial charge in [-0.05, 0) is 34.5 Å². The first kappa shape index (κ1) is 15.1. The zero-order chi connectivity index (χ0) is 13.5. The van der Waals surface area contributed by atoms with E-state index in [4.69, 9.17) is 26.8 Å². The number of carbonyl (C=O) groups is 1. The second-order valence-electron chi connectivity index (χ2n) is 3.67. The van der Waals surface area contributed by atoms with Crippen molar-refractivity contribution in [2.45, 2.75) is 19.8 Å². The van der Waals surface area contributed by atoms with Crippen LogP contribution in [0.4, 0.5) is 5.69 Å². The van der Waals surface area contributed by atoms with Gasteiger partial charge in [0, 0.05) is 5.02 Å². The summed E-state index contributed by atoms with van der Waals surface area (Å²) in [5.41, 5.74) is 6.11. The van der Waals surface area contributed by atoms with Crippen LogP contribution in [-0.2, 0) is 9.53 Å². The van der Waals surface area contributed by atoms with E-state index in [0.29, 0.717) is 27.5 Å². The Kier molecular flexibility index (Phi) is 6.29. The number of carbonyl (C=O) groups excluding carboxylic acids is 1. The lowest BCUT2D eigenvalue weighted by molar-refractivity contribution is -0.146. The average Bonchev–Trinajstić information content (AvgIpc) is 2.27. The monoisotopic (exact) mass is 335 g/mol. The van der Waals surface area contributed by atoms with Gasteiger partial charge in [0.05, 0.1) is 16.8 Å². The van der Waals surface area contributed by atoms with Gasteiger partial charge in [0.1, 0.15) is 0 Å². The van der Waals surface area contributed by atoms with Gasteiger partial charge in [-0.2, -0.15) is 0 Å². The highest BCUT2D eigenvalue weighted by Crippen LogP contribution is 2.34. The zero-order valence-electron chi connectivity index (χ0n) is 10.0. The Labute approximate surface area is 120 Å². The van der Waals surface area contributed by atoms with Gasteiger partial charge >= 0.3 is 5.97 Å². The molecular weight excluding hydrogens is 321 g/mol. The van der Waals surface area contributed by atoms with E-state index in [1.165, 1.54) is 0 Å². The molecule has 0 spiro atoms. The Morgan fingerprint density at radius 2 is 2.22 bits per heavy atom. The zero-order valence-corrected chi connectivity index (χ0v) is 12.4. The lowest BCUT2D eigenvalue weighted by Crippen LogP contribution is -2.16. The third kappa shape index (κ3) is 4.74. The number of halogens is 2. The highest BCUT2D eigenvalue weighted by molar-refractivity contribution is 9.10. The van der Waals surface area contributed by atoms with Crippen LogP contribution in [0.3, 0.4) is 0 Å². The van der Waals surface area contributed by atoms with Crippen LogP contribution in [-0.4, -0.2) is 19.2 Å². The highest BCUT2D eigenvalue weighted by Gasteiger charge is 2.10. The van der Waals surface area contributed by atoms with Crippen molar-refractivity contribution in [3.8, 4) is 5.75 Å². The second-order valence-corrected chi connectivity index (χ2v) is 4.96. The summed E-state index contributed by atoms with van der Waals surface area (Å²) in [5, 5.41) is 0.497. The van der Waals surface area contributed by atoms with Gasteiger partial charge in [0.25, 0.3) is 0 Å². The van der Waals surface area contributed by atoms with Crippen molar-refractivity contribution in [3.05, 3.63) is 21.6 Å². The van der Waals surface area contributed by atoms with Gasteiger partial charge in [-0.1, -0.05) is 24.9 Å². The van der Waals surface area contributed by atoms with Crippen molar-refractivity contribution in [2.75, 3.05) is 18.9 Å². The third-order valence-corrected chi connectivity index (χ3v) is 2.94. The van der Waals surface area contributed by atoms with Crippen LogP contribution in [0.1, 0.15) is 19.8 Å². The Balaban J connectivity index is 2.51. The minimum atomic E-state index is -0.412. The standard InChI is InChI=1S/C12H15BrClNO3/c1-2-3-4-17-11(16)7-18-12-9(13)5-8(14)6-10(12)15/h5-6H,2-4,7,15H2,1H3. The first-order valence-electron chi connectivity index (χ1n) is 5.57. The summed E-state index contributed by atoms with van der Waals surface area (Å²) in [5.74, 6) is -0.0171. The molecule has 0 radical (unpaired) electrons. The van der Waals surface area contributed by atoms with Crippen LogP contribution >= 0.6 is 27.5 Å². The lowest BCUT2D eigenvalue weighted by atomic mass is 10.3. The number of unbranched alkanes of at least 4 members (excludes halogenated alkanes) is 1. The molecule has 1 aromatic rings. The van der Waals surface area contributed by atoms with Gasteiger partial charge < -0.3 is 15.2 Å². The van der Waals surface area contributed by atoms with E-state index >= 15 is 0 Å². The van der Waals surface area contributed by atoms with Crippen LogP contribution < -0.4 is 10.5 Å². The van der Waals surface area contributed by atoms with E-state index in [1.807, 2.05) is 6.92 Å². The molecule has 0 saturated carbocycles. The summed E-state index contributed by atoms with van der Waals surface area (Å²) < 4.78 is 10.9. The van der Waals surface area contributed by atoms with Crippen LogP contribution in [0.2, 0.25) is 5.02 Å². The molecule has 0 aliphatic carbocycles. The molecule has 18 heavy (non-hydrogen) atoms. The van der Waals surface area contributed by atoms with E-state index in [9.17, 15) is 4.79 Å². The number of benzene rings is 1. The van der Waals surface area contributed by atoms with Crippen molar-refractivity contribution < 1.29 is 14.3 Å². The molecule has 0 aliphatic rings. The molecular formula is C12H15BrClNO3. The maximum atomic E-state index is 11.4. The number of anilines is 1. The highest BCUT2D eigenvalue weighted by atomic mass is 79.9. The lowest BCUT2D eigenvalue weighted by Gasteiger charge is -2.11. The van der Waals surface area contributed by atoms with E-state index in [-0.39, 0.29) is 6.61 Å². The number of esters is 1. The van der Waals surface area contributed by atoms with Gasteiger partial charge in [0.2, 0.25) is 0 Å². The molecule has 6 heteroatoms. The molecule has 0 bridgehead atoms. The van der Waals surface area contributed by atoms with Crippen molar-refractivity contribution in [2.24, 2.45) is 0 Å². The first-order chi connectivity index (χ1) is 8.54. The van der Waals surface area contributed by atoms with Crippen LogP contribution in [0.5, 0.6) is 5.75 Å². The van der Waals surface area contributed by atoms with Crippen molar-refractivity contribution in [1.82, 2.24) is 0 Å². The smallest absolute Gasteiger partial charge is 0.344 e. The minimum Gasteiger partial charge on any atom is -0.479 e. The second kappa shape index (κ2) is 7.48. The topological polar surface area (TPSA) is 61.5 Å². The Hall–Kier alpha value is -0.940. The normalized spacial score (nSPS) is 10.2. The molecule has 100 valence electrons. The quantitative estimate of drug-likeness (QED) is 0.491. The number of hydrogen-bond donors (Lipinski definition) is 1. The van der Waals surface area contributed by atoms with E-state index in [1.54, 1.807) is 12.1 Å². The fourth-order valence-corrected chi connectivity index (χ4v) is 2.18. The molecule has 0 heterocycles. The predicted octanol–water partition coefficient (Wildman–Crippen LogP) is 3.41.